The van der Waals surface area contributed by atoms with Gasteiger partial charge >= 0.3 is 12.1 Å². The van der Waals surface area contributed by atoms with Crippen LogP contribution in [0.2, 0.25) is 0 Å². The molecule has 1 unspecified atom stereocenters. The zero-order valence-electron chi connectivity index (χ0n) is 17.0. The number of hydrogen-bond donors (Lipinski definition) is 4. The number of carbonyl (C=O) groups is 4. The Balaban J connectivity index is 2.18. The molecule has 0 spiro atoms. The van der Waals surface area contributed by atoms with Gasteiger partial charge in [-0.2, -0.15) is 0 Å². The molecule has 2 aromatic rings. The van der Waals surface area contributed by atoms with E-state index in [9.17, 15) is 24.3 Å². The summed E-state index contributed by atoms with van der Waals surface area (Å²) in [4.78, 5) is 48.4. The number of carboxylic acid groups (broad SMARTS) is 1. The van der Waals surface area contributed by atoms with Crippen molar-refractivity contribution >= 4 is 23.9 Å². The molecule has 164 valence electrons. The molecule has 0 aliphatic carbocycles. The molecule has 3 amide bonds. The zero-order chi connectivity index (χ0) is 22.8. The van der Waals surface area contributed by atoms with Crippen molar-refractivity contribution in [2.45, 2.75) is 32.0 Å². The van der Waals surface area contributed by atoms with E-state index in [2.05, 4.69) is 10.6 Å². The summed E-state index contributed by atoms with van der Waals surface area (Å²) in [6.07, 6.45) is -0.993. The molecular weight excluding hydrogens is 402 g/mol. The van der Waals surface area contributed by atoms with Gasteiger partial charge in [-0.25, -0.2) is 4.79 Å². The van der Waals surface area contributed by atoms with E-state index in [0.29, 0.717) is 5.56 Å². The summed E-state index contributed by atoms with van der Waals surface area (Å²) in [7, 11) is 0. The number of carboxylic acids is 1. The van der Waals surface area contributed by atoms with Gasteiger partial charge in [-0.3, -0.25) is 14.4 Å². The molecule has 0 aromatic heterocycles. The lowest BCUT2D eigenvalue weighted by molar-refractivity contribution is -0.145. The van der Waals surface area contributed by atoms with E-state index < -0.39 is 41.9 Å². The molecule has 0 saturated carbocycles. The van der Waals surface area contributed by atoms with Crippen LogP contribution in [0.3, 0.4) is 0 Å². The van der Waals surface area contributed by atoms with Crippen molar-refractivity contribution in [2.24, 2.45) is 11.7 Å². The van der Waals surface area contributed by atoms with E-state index >= 15 is 0 Å². The van der Waals surface area contributed by atoms with E-state index in [-0.39, 0.29) is 13.0 Å². The highest BCUT2D eigenvalue weighted by Crippen LogP contribution is 2.15. The fourth-order valence-electron chi connectivity index (χ4n) is 2.83. The minimum absolute atomic E-state index is 0.0296. The normalized spacial score (nSPS) is 13.3. The topological polar surface area (TPSA) is 148 Å². The average molecular weight is 427 g/mol. The van der Waals surface area contributed by atoms with E-state index in [4.69, 9.17) is 10.5 Å². The van der Waals surface area contributed by atoms with Crippen LogP contribution < -0.4 is 16.4 Å². The van der Waals surface area contributed by atoms with Crippen LogP contribution in [0, 0.1) is 5.92 Å². The van der Waals surface area contributed by atoms with E-state index in [1.165, 1.54) is 6.92 Å². The number of nitrogens with two attached hydrogens (primary N) is 1. The Kier molecular flexibility index (Phi) is 8.56. The standard InChI is InChI=1S/C22H25N3O6/c1-14(19(23)26)24-20(27)18(17(21(28)29)12-15-8-4-2-5-9-15)25-22(30)31-13-16-10-6-3-7-11-16/h2-11,14,17-18H,12-13H2,1H3,(H2,23,26)(H,24,27)(H,25,30)(H,28,29)/t14-,17?,18-/m0/s1. The molecule has 0 saturated heterocycles. The minimum Gasteiger partial charge on any atom is -0.481 e. The number of rotatable bonds is 10. The van der Waals surface area contributed by atoms with Crippen LogP contribution in [0.5, 0.6) is 0 Å². The third kappa shape index (κ3) is 7.46. The number of amides is 3. The molecule has 0 aliphatic heterocycles. The smallest absolute Gasteiger partial charge is 0.408 e. The largest absolute Gasteiger partial charge is 0.481 e. The van der Waals surface area contributed by atoms with Crippen molar-refractivity contribution in [3.8, 4) is 0 Å². The first kappa shape index (κ1) is 23.4. The van der Waals surface area contributed by atoms with Crippen molar-refractivity contribution in [3.05, 3.63) is 71.8 Å². The number of ether oxygens (including phenoxy) is 1. The van der Waals surface area contributed by atoms with Crippen LogP contribution >= 0.6 is 0 Å². The van der Waals surface area contributed by atoms with Crippen LogP contribution in [0.15, 0.2) is 60.7 Å². The molecule has 0 fully saturated rings. The van der Waals surface area contributed by atoms with Crippen LogP contribution in [-0.2, 0) is 32.1 Å². The number of nitrogens with one attached hydrogen (secondary N) is 2. The van der Waals surface area contributed by atoms with Gasteiger partial charge in [-0.15, -0.1) is 0 Å². The molecule has 9 nitrogen and oxygen atoms in total. The first-order valence-corrected chi connectivity index (χ1v) is 9.61. The monoisotopic (exact) mass is 427 g/mol. The maximum Gasteiger partial charge on any atom is 0.408 e. The highest BCUT2D eigenvalue weighted by Gasteiger charge is 2.36. The molecule has 5 N–H and O–H groups in total. The number of aliphatic carboxylic acids is 1. The third-order valence-corrected chi connectivity index (χ3v) is 4.57. The first-order valence-electron chi connectivity index (χ1n) is 9.61. The second-order valence-corrected chi connectivity index (χ2v) is 6.95. The molecule has 0 heterocycles. The molecule has 2 aromatic carbocycles. The number of carbonyl (C=O) groups excluding carboxylic acids is 3. The Morgan fingerprint density at radius 3 is 2.00 bits per heavy atom. The van der Waals surface area contributed by atoms with Gasteiger partial charge in [-0.1, -0.05) is 60.7 Å². The van der Waals surface area contributed by atoms with Gasteiger partial charge < -0.3 is 26.2 Å². The quantitative estimate of drug-likeness (QED) is 0.448. The Morgan fingerprint density at radius 2 is 1.48 bits per heavy atom. The van der Waals surface area contributed by atoms with Crippen molar-refractivity contribution in [2.75, 3.05) is 0 Å². The maximum absolute atomic E-state index is 12.8. The van der Waals surface area contributed by atoms with Crippen molar-refractivity contribution < 1.29 is 29.0 Å². The first-order chi connectivity index (χ1) is 14.8. The SMILES string of the molecule is C[C@H](NC(=O)[C@@H](NC(=O)OCc1ccccc1)C(Cc1ccccc1)C(=O)O)C(N)=O. The van der Waals surface area contributed by atoms with Crippen LogP contribution in [0.25, 0.3) is 0 Å². The van der Waals surface area contributed by atoms with Crippen molar-refractivity contribution in [3.63, 3.8) is 0 Å². The highest BCUT2D eigenvalue weighted by atomic mass is 16.5. The number of primary amides is 1. The van der Waals surface area contributed by atoms with Gasteiger partial charge in [0.25, 0.3) is 0 Å². The van der Waals surface area contributed by atoms with Crippen LogP contribution in [-0.4, -0.2) is 41.1 Å². The third-order valence-electron chi connectivity index (χ3n) is 4.57. The Bertz CT molecular complexity index is 904. The van der Waals surface area contributed by atoms with Gasteiger partial charge in [0.1, 0.15) is 18.7 Å². The predicted octanol–water partition coefficient (Wildman–Crippen LogP) is 1.21. The van der Waals surface area contributed by atoms with Crippen LogP contribution in [0.1, 0.15) is 18.1 Å². The average Bonchev–Trinajstić information content (AvgIpc) is 2.75. The summed E-state index contributed by atoms with van der Waals surface area (Å²) in [6.45, 7) is 1.30. The van der Waals surface area contributed by atoms with Gasteiger partial charge in [0.15, 0.2) is 0 Å². The van der Waals surface area contributed by atoms with Crippen molar-refractivity contribution in [1.82, 2.24) is 10.6 Å². The van der Waals surface area contributed by atoms with E-state index in [1.807, 2.05) is 6.07 Å². The lowest BCUT2D eigenvalue weighted by atomic mass is 9.91. The molecule has 0 bridgehead atoms. The fourth-order valence-corrected chi connectivity index (χ4v) is 2.83. The molecule has 9 heteroatoms. The molecule has 2 rings (SSSR count). The summed E-state index contributed by atoms with van der Waals surface area (Å²) in [5, 5.41) is 14.4. The predicted molar refractivity (Wildman–Crippen MR) is 112 cm³/mol. The summed E-state index contributed by atoms with van der Waals surface area (Å²) in [5.41, 5.74) is 6.56. The van der Waals surface area contributed by atoms with Crippen molar-refractivity contribution in [1.29, 1.82) is 0 Å². The Morgan fingerprint density at radius 1 is 0.935 bits per heavy atom. The van der Waals surface area contributed by atoms with Crippen LogP contribution in [0.4, 0.5) is 4.79 Å². The summed E-state index contributed by atoms with van der Waals surface area (Å²) in [5.74, 6) is -4.26. The molecule has 3 atom stereocenters. The van der Waals surface area contributed by atoms with Gasteiger partial charge in [-0.05, 0) is 24.5 Å². The fraction of sp³-hybridized carbons (Fsp3) is 0.273. The van der Waals surface area contributed by atoms with E-state index in [1.54, 1.807) is 54.6 Å². The molecule has 0 aliphatic rings. The molecular formula is C22H25N3O6. The number of hydrogen-bond acceptors (Lipinski definition) is 5. The number of benzene rings is 2. The van der Waals surface area contributed by atoms with E-state index in [0.717, 1.165) is 5.56 Å². The highest BCUT2D eigenvalue weighted by molar-refractivity contribution is 5.93. The minimum atomic E-state index is -1.50. The second kappa shape index (κ2) is 11.3. The Labute approximate surface area is 179 Å². The molecule has 31 heavy (non-hydrogen) atoms. The summed E-state index contributed by atoms with van der Waals surface area (Å²) in [6, 6.07) is 15.0. The second-order valence-electron chi connectivity index (χ2n) is 6.95. The van der Waals surface area contributed by atoms with Gasteiger partial charge in [0.05, 0.1) is 5.92 Å². The maximum atomic E-state index is 12.8. The lowest BCUT2D eigenvalue weighted by Gasteiger charge is -2.25. The lowest BCUT2D eigenvalue weighted by Crippen LogP contribution is -2.56. The zero-order valence-corrected chi connectivity index (χ0v) is 17.0. The number of alkyl carbamates (subject to hydrolysis) is 1. The van der Waals surface area contributed by atoms with Gasteiger partial charge in [0, 0.05) is 0 Å². The Hall–Kier alpha value is -3.88. The molecule has 0 radical (unpaired) electrons. The summed E-state index contributed by atoms with van der Waals surface area (Å²) >= 11 is 0. The summed E-state index contributed by atoms with van der Waals surface area (Å²) < 4.78 is 5.13. The van der Waals surface area contributed by atoms with Gasteiger partial charge in [0.2, 0.25) is 11.8 Å².